The maximum absolute atomic E-state index is 13.7. The number of rotatable bonds is 8. The third-order valence-electron chi connectivity index (χ3n) is 4.39. The number of ether oxygens (including phenoxy) is 2. The molecule has 10 heteroatoms. The molecule has 1 aromatic carbocycles. The van der Waals surface area contributed by atoms with E-state index in [1.54, 1.807) is 71.9 Å². The molecule has 0 saturated heterocycles. The van der Waals surface area contributed by atoms with Gasteiger partial charge in [-0.05, 0) is 47.1 Å². The lowest BCUT2D eigenvalue weighted by atomic mass is 9.95. The van der Waals surface area contributed by atoms with Crippen LogP contribution in [0.3, 0.4) is 0 Å². The van der Waals surface area contributed by atoms with Crippen LogP contribution < -0.4 is 10.6 Å². The third-order valence-corrected chi connectivity index (χ3v) is 4.75. The first-order chi connectivity index (χ1) is 15.2. The van der Waals surface area contributed by atoms with Crippen LogP contribution in [0.5, 0.6) is 0 Å². The summed E-state index contributed by atoms with van der Waals surface area (Å²) in [6.07, 6.45) is -0.768. The monoisotopic (exact) mass is 481 g/mol. The van der Waals surface area contributed by atoms with Gasteiger partial charge in [0.2, 0.25) is 11.8 Å². The SMILES string of the molecule is COC(=O)CNC(=O)C(c1ccccc1)N(C(=O)C(CS)NC(=O)OC(C)(C)C)C(C)(C)C. The van der Waals surface area contributed by atoms with Crippen LogP contribution >= 0.6 is 12.6 Å². The number of nitrogens with zero attached hydrogens (tertiary/aromatic N) is 1. The Morgan fingerprint density at radius 3 is 2.06 bits per heavy atom. The molecule has 2 N–H and O–H groups in total. The van der Waals surface area contributed by atoms with Gasteiger partial charge in [0.25, 0.3) is 0 Å². The zero-order chi connectivity index (χ0) is 25.4. The smallest absolute Gasteiger partial charge is 0.408 e. The van der Waals surface area contributed by atoms with Crippen molar-refractivity contribution in [2.75, 3.05) is 19.4 Å². The van der Waals surface area contributed by atoms with Crippen molar-refractivity contribution in [1.29, 1.82) is 0 Å². The summed E-state index contributed by atoms with van der Waals surface area (Å²) in [7, 11) is 1.22. The van der Waals surface area contributed by atoms with Gasteiger partial charge in [-0.2, -0.15) is 12.6 Å². The minimum atomic E-state index is -1.08. The van der Waals surface area contributed by atoms with Crippen molar-refractivity contribution in [3.8, 4) is 0 Å². The van der Waals surface area contributed by atoms with Crippen molar-refractivity contribution >= 4 is 36.5 Å². The molecule has 0 saturated carbocycles. The van der Waals surface area contributed by atoms with Crippen LogP contribution in [0.4, 0.5) is 4.79 Å². The van der Waals surface area contributed by atoms with Gasteiger partial charge < -0.3 is 25.0 Å². The molecule has 0 bridgehead atoms. The highest BCUT2D eigenvalue weighted by molar-refractivity contribution is 7.80. The maximum Gasteiger partial charge on any atom is 0.408 e. The highest BCUT2D eigenvalue weighted by Gasteiger charge is 2.41. The minimum absolute atomic E-state index is 0.0179. The van der Waals surface area contributed by atoms with Crippen LogP contribution in [0, 0.1) is 0 Å². The minimum Gasteiger partial charge on any atom is -0.468 e. The molecular weight excluding hydrogens is 446 g/mol. The van der Waals surface area contributed by atoms with E-state index in [-0.39, 0.29) is 12.3 Å². The lowest BCUT2D eigenvalue weighted by Gasteiger charge is -2.42. The summed E-state index contributed by atoms with van der Waals surface area (Å²) in [5.41, 5.74) is -1.05. The molecule has 1 rings (SSSR count). The maximum atomic E-state index is 13.7. The molecule has 9 nitrogen and oxygen atoms in total. The molecule has 0 aromatic heterocycles. The summed E-state index contributed by atoms with van der Waals surface area (Å²) in [6.45, 7) is 10.1. The highest BCUT2D eigenvalue weighted by Crippen LogP contribution is 2.30. The van der Waals surface area contributed by atoms with E-state index in [2.05, 4.69) is 28.0 Å². The number of thiol groups is 1. The first-order valence-corrected chi connectivity index (χ1v) is 11.2. The number of alkyl carbamates (subject to hydrolysis) is 1. The van der Waals surface area contributed by atoms with E-state index in [9.17, 15) is 19.2 Å². The Bertz CT molecular complexity index is 833. The van der Waals surface area contributed by atoms with Crippen molar-refractivity contribution in [2.45, 2.75) is 64.8 Å². The Morgan fingerprint density at radius 2 is 1.61 bits per heavy atom. The number of carbonyl (C=O) groups is 4. The Kier molecular flexibility index (Phi) is 10.2. The molecule has 3 amide bonds. The van der Waals surface area contributed by atoms with Crippen LogP contribution in [-0.4, -0.2) is 65.4 Å². The van der Waals surface area contributed by atoms with Crippen LogP contribution in [0.2, 0.25) is 0 Å². The lowest BCUT2D eigenvalue weighted by Crippen LogP contribution is -2.59. The number of nitrogens with one attached hydrogen (secondary N) is 2. The van der Waals surface area contributed by atoms with Crippen molar-refractivity contribution < 1.29 is 28.7 Å². The van der Waals surface area contributed by atoms with E-state index in [0.29, 0.717) is 5.56 Å². The van der Waals surface area contributed by atoms with Gasteiger partial charge in [-0.25, -0.2) is 4.79 Å². The molecule has 0 aliphatic heterocycles. The number of amides is 3. The summed E-state index contributed by atoms with van der Waals surface area (Å²) in [5, 5.41) is 5.08. The molecule has 0 fully saturated rings. The molecule has 0 spiro atoms. The van der Waals surface area contributed by atoms with Crippen LogP contribution in [0.1, 0.15) is 53.1 Å². The number of esters is 1. The predicted molar refractivity (Wildman–Crippen MR) is 128 cm³/mol. The van der Waals surface area contributed by atoms with E-state index < -0.39 is 47.1 Å². The first-order valence-electron chi connectivity index (χ1n) is 10.5. The standard InChI is InChI=1S/C23H35N3O6S/c1-22(2,3)26(20(29)16(14-33)25-21(30)32-23(4,5)6)18(15-11-9-8-10-12-15)19(28)24-13-17(27)31-7/h8-12,16,18,33H,13-14H2,1-7H3,(H,24,28)(H,25,30). The quantitative estimate of drug-likeness (QED) is 0.388. The zero-order valence-corrected chi connectivity index (χ0v) is 21.2. The highest BCUT2D eigenvalue weighted by atomic mass is 32.1. The fourth-order valence-electron chi connectivity index (χ4n) is 3.03. The lowest BCUT2D eigenvalue weighted by molar-refractivity contribution is -0.149. The molecule has 0 heterocycles. The fraction of sp³-hybridized carbons (Fsp3) is 0.565. The molecule has 2 atom stereocenters. The zero-order valence-electron chi connectivity index (χ0n) is 20.3. The third kappa shape index (κ3) is 8.95. The Hall–Kier alpha value is -2.75. The van der Waals surface area contributed by atoms with Crippen molar-refractivity contribution in [2.24, 2.45) is 0 Å². The van der Waals surface area contributed by atoms with Crippen LogP contribution in [-0.2, 0) is 23.9 Å². The average Bonchev–Trinajstić information content (AvgIpc) is 2.71. The number of benzene rings is 1. The number of carbonyl (C=O) groups excluding carboxylic acids is 4. The van der Waals surface area contributed by atoms with Gasteiger partial charge in [0, 0.05) is 11.3 Å². The summed E-state index contributed by atoms with van der Waals surface area (Å²) < 4.78 is 9.86. The largest absolute Gasteiger partial charge is 0.468 e. The molecule has 33 heavy (non-hydrogen) atoms. The summed E-state index contributed by atoms with van der Waals surface area (Å²) in [4.78, 5) is 52.2. The van der Waals surface area contributed by atoms with Gasteiger partial charge in [0.15, 0.2) is 0 Å². The van der Waals surface area contributed by atoms with Gasteiger partial charge in [-0.1, -0.05) is 30.3 Å². The van der Waals surface area contributed by atoms with Gasteiger partial charge in [-0.3, -0.25) is 14.4 Å². The second-order valence-electron chi connectivity index (χ2n) is 9.37. The van der Waals surface area contributed by atoms with Crippen molar-refractivity contribution in [3.63, 3.8) is 0 Å². The Balaban J connectivity index is 3.37. The summed E-state index contributed by atoms with van der Waals surface area (Å²) >= 11 is 4.24. The van der Waals surface area contributed by atoms with Crippen LogP contribution in [0.25, 0.3) is 0 Å². The second-order valence-corrected chi connectivity index (χ2v) is 9.73. The Labute approximate surface area is 201 Å². The molecule has 0 aliphatic rings. The number of methoxy groups -OCH3 is 1. The van der Waals surface area contributed by atoms with E-state index in [1.165, 1.54) is 12.0 Å². The van der Waals surface area contributed by atoms with Gasteiger partial charge in [-0.15, -0.1) is 0 Å². The van der Waals surface area contributed by atoms with Crippen LogP contribution in [0.15, 0.2) is 30.3 Å². The van der Waals surface area contributed by atoms with Gasteiger partial charge in [0.05, 0.1) is 7.11 Å². The molecule has 2 unspecified atom stereocenters. The van der Waals surface area contributed by atoms with Crippen molar-refractivity contribution in [3.05, 3.63) is 35.9 Å². The average molecular weight is 482 g/mol. The molecular formula is C23H35N3O6S. The molecule has 184 valence electrons. The van der Waals surface area contributed by atoms with E-state index in [1.807, 2.05) is 0 Å². The second kappa shape index (κ2) is 11.9. The molecule has 0 aliphatic carbocycles. The normalized spacial score (nSPS) is 13.3. The van der Waals surface area contributed by atoms with E-state index >= 15 is 0 Å². The molecule has 0 radical (unpaired) electrons. The van der Waals surface area contributed by atoms with Gasteiger partial charge >= 0.3 is 12.1 Å². The topological polar surface area (TPSA) is 114 Å². The van der Waals surface area contributed by atoms with E-state index in [0.717, 1.165) is 0 Å². The van der Waals surface area contributed by atoms with Gasteiger partial charge in [0.1, 0.15) is 24.2 Å². The van der Waals surface area contributed by atoms with Crippen molar-refractivity contribution in [1.82, 2.24) is 15.5 Å². The Morgan fingerprint density at radius 1 is 1.03 bits per heavy atom. The summed E-state index contributed by atoms with van der Waals surface area (Å²) in [5.74, 6) is -1.73. The summed E-state index contributed by atoms with van der Waals surface area (Å²) in [6, 6.07) is 6.58. The number of hydrogen-bond donors (Lipinski definition) is 3. The van der Waals surface area contributed by atoms with E-state index in [4.69, 9.17) is 4.74 Å². The fourth-order valence-corrected chi connectivity index (χ4v) is 3.28. The predicted octanol–water partition coefficient (Wildman–Crippen LogP) is 2.47. The number of hydrogen-bond acceptors (Lipinski definition) is 7. The first kappa shape index (κ1) is 28.3. The molecule has 1 aromatic rings.